The fourth-order valence-corrected chi connectivity index (χ4v) is 5.28. The van der Waals surface area contributed by atoms with Crippen molar-refractivity contribution in [3.63, 3.8) is 0 Å². The highest BCUT2D eigenvalue weighted by Gasteiger charge is 2.17. The lowest BCUT2D eigenvalue weighted by molar-refractivity contribution is 1.28. The molecule has 0 saturated heterocycles. The van der Waals surface area contributed by atoms with Crippen molar-refractivity contribution in [1.29, 1.82) is 0 Å². The van der Waals surface area contributed by atoms with Gasteiger partial charge in [-0.1, -0.05) is 139 Å². The van der Waals surface area contributed by atoms with E-state index in [0.29, 0.717) is 5.56 Å². The molecule has 0 radical (unpaired) electrons. The Morgan fingerprint density at radius 3 is 1.76 bits per heavy atom. The normalized spacial score (nSPS) is 12.3. The van der Waals surface area contributed by atoms with Crippen molar-refractivity contribution in [3.05, 3.63) is 176 Å². The first-order valence-corrected chi connectivity index (χ1v) is 13.7. The minimum absolute atomic E-state index is 0.0786. The van der Waals surface area contributed by atoms with Gasteiger partial charge in [0.1, 0.15) is 0 Å². The standard InChI is InChI=1S/C40H29N/c1-3-12-30(13-4-1)32-24-26-37(27-25-32)41(40-21-10-9-20-39(40)33-15-5-2-6-16-33)38-19-11-18-35(29-38)36-23-22-31-14-7-8-17-34(31)28-36/h1-29H/i24D,25D,26D,27D. The summed E-state index contributed by atoms with van der Waals surface area (Å²) in [5.41, 5.74) is 6.56. The predicted octanol–water partition coefficient (Wildman–Crippen LogP) is 11.3. The maximum absolute atomic E-state index is 9.30. The monoisotopic (exact) mass is 527 g/mol. The van der Waals surface area contributed by atoms with Crippen molar-refractivity contribution in [1.82, 2.24) is 0 Å². The molecule has 1 heteroatoms. The summed E-state index contributed by atoms with van der Waals surface area (Å²) in [6.07, 6.45) is 0. The van der Waals surface area contributed by atoms with Gasteiger partial charge in [-0.15, -0.1) is 0 Å². The van der Waals surface area contributed by atoms with Gasteiger partial charge in [0.25, 0.3) is 0 Å². The number of anilines is 3. The molecular weight excluding hydrogens is 494 g/mol. The molecule has 0 atom stereocenters. The molecule has 0 N–H and O–H groups in total. The van der Waals surface area contributed by atoms with E-state index < -0.39 is 0 Å². The Bertz CT molecular complexity index is 2130. The van der Waals surface area contributed by atoms with Gasteiger partial charge in [0.2, 0.25) is 0 Å². The molecule has 0 amide bonds. The van der Waals surface area contributed by atoms with E-state index in [1.807, 2.05) is 114 Å². The van der Waals surface area contributed by atoms with Crippen molar-refractivity contribution in [3.8, 4) is 33.4 Å². The molecule has 0 unspecified atom stereocenters. The van der Waals surface area contributed by atoms with Crippen LogP contribution in [0.4, 0.5) is 17.1 Å². The number of benzene rings is 7. The Labute approximate surface area is 247 Å². The van der Waals surface area contributed by atoms with Crippen LogP contribution < -0.4 is 4.90 Å². The van der Waals surface area contributed by atoms with Crippen molar-refractivity contribution >= 4 is 27.8 Å². The van der Waals surface area contributed by atoms with E-state index in [-0.39, 0.29) is 35.4 Å². The summed E-state index contributed by atoms with van der Waals surface area (Å²) < 4.78 is 36.8. The van der Waals surface area contributed by atoms with E-state index in [1.165, 1.54) is 0 Å². The van der Waals surface area contributed by atoms with E-state index in [0.717, 1.165) is 44.4 Å². The van der Waals surface area contributed by atoms with Gasteiger partial charge >= 0.3 is 0 Å². The predicted molar refractivity (Wildman–Crippen MR) is 175 cm³/mol. The average molecular weight is 528 g/mol. The highest BCUT2D eigenvalue weighted by molar-refractivity contribution is 5.91. The van der Waals surface area contributed by atoms with Crippen LogP contribution in [-0.4, -0.2) is 0 Å². The van der Waals surface area contributed by atoms with Crippen molar-refractivity contribution in [2.75, 3.05) is 4.90 Å². The lowest BCUT2D eigenvalue weighted by Crippen LogP contribution is -2.11. The average Bonchev–Trinajstić information content (AvgIpc) is 3.10. The van der Waals surface area contributed by atoms with E-state index in [9.17, 15) is 2.74 Å². The molecule has 7 aromatic carbocycles. The number of rotatable bonds is 6. The molecule has 7 rings (SSSR count). The topological polar surface area (TPSA) is 3.24 Å². The molecular formula is C40H29N. The van der Waals surface area contributed by atoms with E-state index >= 15 is 0 Å². The smallest absolute Gasteiger partial charge is 0.0645 e. The van der Waals surface area contributed by atoms with Gasteiger partial charge < -0.3 is 4.90 Å². The van der Waals surface area contributed by atoms with Gasteiger partial charge in [-0.3, -0.25) is 0 Å². The second kappa shape index (κ2) is 11.0. The largest absolute Gasteiger partial charge is 0.310 e. The van der Waals surface area contributed by atoms with Crippen LogP contribution in [0.1, 0.15) is 5.48 Å². The van der Waals surface area contributed by atoms with E-state index in [2.05, 4.69) is 42.5 Å². The molecule has 0 aliphatic rings. The third-order valence-corrected chi connectivity index (χ3v) is 7.31. The van der Waals surface area contributed by atoms with Gasteiger partial charge in [0.05, 0.1) is 11.2 Å². The molecule has 0 aliphatic heterocycles. The summed E-state index contributed by atoms with van der Waals surface area (Å²) in [5, 5.41) is 2.31. The van der Waals surface area contributed by atoms with E-state index in [4.69, 9.17) is 2.74 Å². The number of fused-ring (bicyclic) bond motifs is 1. The minimum Gasteiger partial charge on any atom is -0.310 e. The first-order valence-electron chi connectivity index (χ1n) is 15.7. The fourth-order valence-electron chi connectivity index (χ4n) is 5.28. The van der Waals surface area contributed by atoms with Gasteiger partial charge in [-0.25, -0.2) is 0 Å². The van der Waals surface area contributed by atoms with Gasteiger partial charge in [-0.05, 0) is 74.9 Å². The zero-order chi connectivity index (χ0) is 30.9. The number of nitrogens with zero attached hydrogens (tertiary/aromatic N) is 1. The van der Waals surface area contributed by atoms with Gasteiger partial charge in [0, 0.05) is 16.9 Å². The molecule has 7 aromatic rings. The summed E-state index contributed by atoms with van der Waals surface area (Å²) in [5.74, 6) is 0. The molecule has 41 heavy (non-hydrogen) atoms. The summed E-state index contributed by atoms with van der Waals surface area (Å²) in [6, 6.07) is 49.5. The van der Waals surface area contributed by atoms with Gasteiger partial charge in [-0.2, -0.15) is 0 Å². The van der Waals surface area contributed by atoms with Crippen LogP contribution in [0.2, 0.25) is 0 Å². The summed E-state index contributed by atoms with van der Waals surface area (Å²) in [7, 11) is 0. The molecule has 1 nitrogen and oxygen atoms in total. The Balaban J connectivity index is 1.48. The lowest BCUT2D eigenvalue weighted by atomic mass is 9.99. The Morgan fingerprint density at radius 2 is 0.976 bits per heavy atom. The maximum Gasteiger partial charge on any atom is 0.0645 e. The number of hydrogen-bond donors (Lipinski definition) is 0. The van der Waals surface area contributed by atoms with Crippen molar-refractivity contribution in [2.45, 2.75) is 0 Å². The molecule has 0 saturated carbocycles. The zero-order valence-corrected chi connectivity index (χ0v) is 22.4. The van der Waals surface area contributed by atoms with Crippen molar-refractivity contribution in [2.24, 2.45) is 0 Å². The van der Waals surface area contributed by atoms with Crippen LogP contribution in [0.3, 0.4) is 0 Å². The Morgan fingerprint density at radius 1 is 0.366 bits per heavy atom. The summed E-state index contributed by atoms with van der Waals surface area (Å²) in [4.78, 5) is 1.88. The van der Waals surface area contributed by atoms with Crippen LogP contribution in [0.5, 0.6) is 0 Å². The number of hydrogen-bond acceptors (Lipinski definition) is 1. The first-order chi connectivity index (χ1) is 22.0. The maximum atomic E-state index is 9.30. The highest BCUT2D eigenvalue weighted by atomic mass is 15.1. The molecule has 194 valence electrons. The molecule has 0 heterocycles. The minimum atomic E-state index is -0.103. The summed E-state index contributed by atoms with van der Waals surface area (Å²) in [6.45, 7) is 0. The first kappa shape index (κ1) is 20.5. The fraction of sp³-hybridized carbons (Fsp3) is 0. The Kier molecular flexibility index (Phi) is 5.50. The zero-order valence-electron chi connectivity index (χ0n) is 26.4. The highest BCUT2D eigenvalue weighted by Crippen LogP contribution is 2.42. The Hall–Kier alpha value is -5.40. The number of para-hydroxylation sites is 1. The molecule has 0 fully saturated rings. The van der Waals surface area contributed by atoms with E-state index in [1.54, 1.807) is 0 Å². The van der Waals surface area contributed by atoms with Crippen LogP contribution >= 0.6 is 0 Å². The van der Waals surface area contributed by atoms with Crippen LogP contribution in [-0.2, 0) is 0 Å². The SMILES string of the molecule is [2H]c1c([2H])c(N(c2cccc(-c3ccc4ccccc4c3)c2)c2ccccc2-c2ccccc2)c([2H])c([2H])c1-c1ccccc1. The van der Waals surface area contributed by atoms with Gasteiger partial charge in [0.15, 0.2) is 0 Å². The molecule has 0 aliphatic carbocycles. The third-order valence-electron chi connectivity index (χ3n) is 7.31. The third kappa shape index (κ3) is 5.02. The lowest BCUT2D eigenvalue weighted by Gasteiger charge is -2.28. The van der Waals surface area contributed by atoms with Crippen LogP contribution in [0.25, 0.3) is 44.2 Å². The molecule has 0 spiro atoms. The van der Waals surface area contributed by atoms with Crippen LogP contribution in [0.15, 0.2) is 176 Å². The quantitative estimate of drug-likeness (QED) is 0.208. The van der Waals surface area contributed by atoms with Crippen molar-refractivity contribution < 1.29 is 5.48 Å². The van der Waals surface area contributed by atoms with Crippen LogP contribution in [0, 0.1) is 0 Å². The summed E-state index contributed by atoms with van der Waals surface area (Å²) >= 11 is 0. The molecule has 0 aromatic heterocycles. The second-order valence-corrected chi connectivity index (χ2v) is 9.92. The molecule has 0 bridgehead atoms. The second-order valence-electron chi connectivity index (χ2n) is 9.92.